The van der Waals surface area contributed by atoms with Crippen LogP contribution in [0.5, 0.6) is 0 Å². The van der Waals surface area contributed by atoms with Gasteiger partial charge in [0.1, 0.15) is 5.82 Å². The summed E-state index contributed by atoms with van der Waals surface area (Å²) in [6.07, 6.45) is 1.67. The highest BCUT2D eigenvalue weighted by atomic mass is 35.5. The molecule has 2 amide bonds. The number of halogens is 2. The molecular formula is C22H22Cl2N4O2. The standard InChI is InChI=1S/C22H22Cl2N4O2/c1-14-6-8-16(9-7-14)20(26-15(2)29)12-22(30)27-21-10-11-25-28(21)13-17-18(23)4-3-5-19(17)24/h3-11,20H,12-13H2,1-2H3,(H,26,29)(H,27,30). The second-order valence-corrected chi connectivity index (χ2v) is 7.80. The molecule has 1 heterocycles. The lowest BCUT2D eigenvalue weighted by Gasteiger charge is -2.18. The summed E-state index contributed by atoms with van der Waals surface area (Å²) >= 11 is 12.5. The summed E-state index contributed by atoms with van der Waals surface area (Å²) in [4.78, 5) is 24.4. The zero-order chi connectivity index (χ0) is 21.7. The molecule has 8 heteroatoms. The zero-order valence-corrected chi connectivity index (χ0v) is 18.2. The predicted octanol–water partition coefficient (Wildman–Crippen LogP) is 4.75. The van der Waals surface area contributed by atoms with Gasteiger partial charge < -0.3 is 10.6 Å². The third-order valence-electron chi connectivity index (χ3n) is 4.60. The first-order valence-corrected chi connectivity index (χ1v) is 10.2. The van der Waals surface area contributed by atoms with Crippen LogP contribution in [0.4, 0.5) is 5.82 Å². The van der Waals surface area contributed by atoms with Gasteiger partial charge in [0.15, 0.2) is 0 Å². The Morgan fingerprint density at radius 2 is 1.73 bits per heavy atom. The number of carbonyl (C=O) groups excluding carboxylic acids is 2. The highest BCUT2D eigenvalue weighted by Gasteiger charge is 2.18. The fourth-order valence-corrected chi connectivity index (χ4v) is 3.59. The van der Waals surface area contributed by atoms with Gasteiger partial charge in [0.25, 0.3) is 0 Å². The Morgan fingerprint density at radius 3 is 2.37 bits per heavy atom. The van der Waals surface area contributed by atoms with Gasteiger partial charge in [0.05, 0.1) is 25.2 Å². The average Bonchev–Trinajstić information content (AvgIpc) is 3.11. The molecular weight excluding hydrogens is 423 g/mol. The zero-order valence-electron chi connectivity index (χ0n) is 16.7. The number of carbonyl (C=O) groups is 2. The van der Waals surface area contributed by atoms with Gasteiger partial charge in [-0.1, -0.05) is 59.1 Å². The lowest BCUT2D eigenvalue weighted by Crippen LogP contribution is -2.30. The van der Waals surface area contributed by atoms with E-state index < -0.39 is 6.04 Å². The van der Waals surface area contributed by atoms with Crippen molar-refractivity contribution < 1.29 is 9.59 Å². The number of amides is 2. The summed E-state index contributed by atoms with van der Waals surface area (Å²) in [6, 6.07) is 14.3. The fraction of sp³-hybridized carbons (Fsp3) is 0.227. The molecule has 0 saturated carbocycles. The summed E-state index contributed by atoms with van der Waals surface area (Å²) in [5, 5.41) is 11.0. The minimum atomic E-state index is -0.433. The number of nitrogens with zero attached hydrogens (tertiary/aromatic N) is 2. The van der Waals surface area contributed by atoms with Crippen molar-refractivity contribution in [1.29, 1.82) is 0 Å². The fourth-order valence-electron chi connectivity index (χ4n) is 3.07. The third kappa shape index (κ3) is 5.62. The largest absolute Gasteiger partial charge is 0.349 e. The number of hydrogen-bond donors (Lipinski definition) is 2. The van der Waals surface area contributed by atoms with Crippen molar-refractivity contribution in [1.82, 2.24) is 15.1 Å². The molecule has 0 radical (unpaired) electrons. The molecule has 0 spiro atoms. The Bertz CT molecular complexity index is 1030. The van der Waals surface area contributed by atoms with Gasteiger partial charge in [0, 0.05) is 28.6 Å². The average molecular weight is 445 g/mol. The van der Waals surface area contributed by atoms with E-state index in [1.165, 1.54) is 6.92 Å². The Balaban J connectivity index is 1.73. The van der Waals surface area contributed by atoms with E-state index in [-0.39, 0.29) is 18.2 Å². The SMILES string of the molecule is CC(=O)NC(CC(=O)Nc1ccnn1Cc1c(Cl)cccc1Cl)c1ccc(C)cc1. The molecule has 1 aromatic heterocycles. The molecule has 0 aliphatic heterocycles. The Morgan fingerprint density at radius 1 is 1.07 bits per heavy atom. The van der Waals surface area contributed by atoms with Gasteiger partial charge in [-0.15, -0.1) is 0 Å². The van der Waals surface area contributed by atoms with Crippen LogP contribution >= 0.6 is 23.2 Å². The van der Waals surface area contributed by atoms with Crippen LogP contribution in [0.3, 0.4) is 0 Å². The molecule has 0 aliphatic rings. The lowest BCUT2D eigenvalue weighted by atomic mass is 10.0. The van der Waals surface area contributed by atoms with Gasteiger partial charge in [-0.05, 0) is 24.6 Å². The summed E-state index contributed by atoms with van der Waals surface area (Å²) in [6.45, 7) is 3.73. The molecule has 0 bridgehead atoms. The van der Waals surface area contributed by atoms with Gasteiger partial charge >= 0.3 is 0 Å². The lowest BCUT2D eigenvalue weighted by molar-refractivity contribution is -0.120. The third-order valence-corrected chi connectivity index (χ3v) is 5.31. The van der Waals surface area contributed by atoms with Crippen LogP contribution in [0, 0.1) is 6.92 Å². The minimum Gasteiger partial charge on any atom is -0.349 e. The van der Waals surface area contributed by atoms with E-state index in [9.17, 15) is 9.59 Å². The first-order chi connectivity index (χ1) is 14.3. The van der Waals surface area contributed by atoms with Crippen LogP contribution in [0.1, 0.15) is 36.1 Å². The van der Waals surface area contributed by atoms with E-state index >= 15 is 0 Å². The maximum Gasteiger partial charge on any atom is 0.227 e. The van der Waals surface area contributed by atoms with Crippen LogP contribution in [-0.4, -0.2) is 21.6 Å². The van der Waals surface area contributed by atoms with Crippen molar-refractivity contribution >= 4 is 40.8 Å². The molecule has 2 N–H and O–H groups in total. The van der Waals surface area contributed by atoms with E-state index in [1.807, 2.05) is 31.2 Å². The minimum absolute atomic E-state index is 0.0840. The number of aryl methyl sites for hydroxylation is 1. The maximum atomic E-state index is 12.7. The smallest absolute Gasteiger partial charge is 0.227 e. The summed E-state index contributed by atoms with van der Waals surface area (Å²) < 4.78 is 1.62. The van der Waals surface area contributed by atoms with Crippen LogP contribution in [0.2, 0.25) is 10.0 Å². The number of aromatic nitrogens is 2. The summed E-state index contributed by atoms with van der Waals surface area (Å²) in [5.74, 6) is 0.0644. The number of nitrogens with one attached hydrogen (secondary N) is 2. The van der Waals surface area contributed by atoms with Crippen LogP contribution in [0.15, 0.2) is 54.7 Å². The Labute approximate surface area is 185 Å². The first-order valence-electron chi connectivity index (χ1n) is 9.41. The number of benzene rings is 2. The maximum absolute atomic E-state index is 12.7. The van der Waals surface area contributed by atoms with Crippen LogP contribution in [0.25, 0.3) is 0 Å². The van der Waals surface area contributed by atoms with Crippen molar-refractivity contribution in [2.24, 2.45) is 0 Å². The molecule has 1 unspecified atom stereocenters. The van der Waals surface area contributed by atoms with Gasteiger partial charge in [0.2, 0.25) is 11.8 Å². The Kier molecular flexibility index (Phi) is 7.13. The number of anilines is 1. The van der Waals surface area contributed by atoms with Crippen molar-refractivity contribution in [2.45, 2.75) is 32.9 Å². The summed E-state index contributed by atoms with van der Waals surface area (Å²) in [5.41, 5.74) is 2.69. The topological polar surface area (TPSA) is 76.0 Å². The molecule has 2 aromatic carbocycles. The van der Waals surface area contributed by atoms with E-state index in [2.05, 4.69) is 15.7 Å². The van der Waals surface area contributed by atoms with Crippen molar-refractivity contribution in [3.63, 3.8) is 0 Å². The number of rotatable bonds is 7. The molecule has 3 aromatic rings. The first kappa shape index (κ1) is 21.9. The molecule has 0 fully saturated rings. The van der Waals surface area contributed by atoms with Crippen molar-refractivity contribution in [3.8, 4) is 0 Å². The Hall–Kier alpha value is -2.83. The molecule has 6 nitrogen and oxygen atoms in total. The highest BCUT2D eigenvalue weighted by molar-refractivity contribution is 6.36. The second kappa shape index (κ2) is 9.78. The molecule has 1 atom stereocenters. The molecule has 0 aliphatic carbocycles. The molecule has 156 valence electrons. The molecule has 3 rings (SSSR count). The monoisotopic (exact) mass is 444 g/mol. The van der Waals surface area contributed by atoms with E-state index in [0.717, 1.165) is 16.7 Å². The van der Waals surface area contributed by atoms with Crippen molar-refractivity contribution in [3.05, 3.63) is 81.5 Å². The number of hydrogen-bond acceptors (Lipinski definition) is 3. The molecule has 0 saturated heterocycles. The predicted molar refractivity (Wildman–Crippen MR) is 119 cm³/mol. The van der Waals surface area contributed by atoms with E-state index in [4.69, 9.17) is 23.2 Å². The summed E-state index contributed by atoms with van der Waals surface area (Å²) in [7, 11) is 0. The van der Waals surface area contributed by atoms with E-state index in [1.54, 1.807) is 35.1 Å². The van der Waals surface area contributed by atoms with E-state index in [0.29, 0.717) is 22.4 Å². The van der Waals surface area contributed by atoms with Gasteiger partial charge in [-0.3, -0.25) is 9.59 Å². The highest BCUT2D eigenvalue weighted by Crippen LogP contribution is 2.26. The van der Waals surface area contributed by atoms with Gasteiger partial charge in [-0.2, -0.15) is 5.10 Å². The quantitative estimate of drug-likeness (QED) is 0.551. The van der Waals surface area contributed by atoms with Crippen LogP contribution in [-0.2, 0) is 16.1 Å². The molecule has 30 heavy (non-hydrogen) atoms. The normalized spacial score (nSPS) is 11.7. The van der Waals surface area contributed by atoms with Gasteiger partial charge in [-0.25, -0.2) is 4.68 Å². The second-order valence-electron chi connectivity index (χ2n) is 6.99. The van der Waals surface area contributed by atoms with Crippen molar-refractivity contribution in [2.75, 3.05) is 5.32 Å². The van der Waals surface area contributed by atoms with Crippen LogP contribution < -0.4 is 10.6 Å².